The van der Waals surface area contributed by atoms with Crippen LogP contribution in [0.1, 0.15) is 6.92 Å². The van der Waals surface area contributed by atoms with E-state index in [1.54, 1.807) is 6.08 Å². The zero-order chi connectivity index (χ0) is 11.8. The molecule has 3 heteroatoms. The zero-order valence-corrected chi connectivity index (χ0v) is 9.60. The first kappa shape index (κ1) is 12.7. The number of aliphatic hydroxyl groups excluding tert-OH is 1. The highest BCUT2D eigenvalue weighted by Crippen LogP contribution is 2.08. The van der Waals surface area contributed by atoms with Crippen molar-refractivity contribution in [2.75, 3.05) is 13.2 Å². The van der Waals surface area contributed by atoms with E-state index < -0.39 is 6.10 Å². The highest BCUT2D eigenvalue weighted by Gasteiger charge is 2.05. The lowest BCUT2D eigenvalue weighted by Gasteiger charge is -2.15. The highest BCUT2D eigenvalue weighted by atomic mass is 16.5. The molecule has 16 heavy (non-hydrogen) atoms. The molecule has 0 aromatic heterocycles. The second kappa shape index (κ2) is 7.04. The second-order valence-corrected chi connectivity index (χ2v) is 3.71. The van der Waals surface area contributed by atoms with Crippen molar-refractivity contribution in [2.45, 2.75) is 19.1 Å². The van der Waals surface area contributed by atoms with Crippen molar-refractivity contribution < 1.29 is 9.84 Å². The van der Waals surface area contributed by atoms with Gasteiger partial charge < -0.3 is 15.2 Å². The number of aliphatic hydroxyl groups is 1. The quantitative estimate of drug-likeness (QED) is 0.687. The summed E-state index contributed by atoms with van der Waals surface area (Å²) in [5.74, 6) is 0.776. The number of ether oxygens (including phenoxy) is 1. The number of rotatable bonds is 7. The SMILES string of the molecule is C=CC(C)NCC(O)COc1ccccc1. The minimum absolute atomic E-state index is 0.200. The van der Waals surface area contributed by atoms with E-state index in [-0.39, 0.29) is 6.04 Å². The van der Waals surface area contributed by atoms with E-state index >= 15 is 0 Å². The normalized spacial score (nSPS) is 14.1. The maximum Gasteiger partial charge on any atom is 0.119 e. The molecule has 0 aliphatic rings. The summed E-state index contributed by atoms with van der Waals surface area (Å²) in [4.78, 5) is 0. The van der Waals surface area contributed by atoms with Crippen LogP contribution in [0.25, 0.3) is 0 Å². The first-order valence-electron chi connectivity index (χ1n) is 5.44. The van der Waals surface area contributed by atoms with Crippen molar-refractivity contribution in [1.29, 1.82) is 0 Å². The smallest absolute Gasteiger partial charge is 0.119 e. The fraction of sp³-hybridized carbons (Fsp3) is 0.385. The maximum atomic E-state index is 9.63. The van der Waals surface area contributed by atoms with Crippen molar-refractivity contribution in [2.24, 2.45) is 0 Å². The monoisotopic (exact) mass is 221 g/mol. The van der Waals surface area contributed by atoms with E-state index in [0.717, 1.165) is 5.75 Å². The Morgan fingerprint density at radius 1 is 1.44 bits per heavy atom. The third-order valence-corrected chi connectivity index (χ3v) is 2.21. The molecule has 88 valence electrons. The van der Waals surface area contributed by atoms with Gasteiger partial charge in [-0.25, -0.2) is 0 Å². The number of benzene rings is 1. The third-order valence-electron chi connectivity index (χ3n) is 2.21. The van der Waals surface area contributed by atoms with Gasteiger partial charge in [0.1, 0.15) is 18.5 Å². The lowest BCUT2D eigenvalue weighted by atomic mass is 10.3. The number of hydrogen-bond donors (Lipinski definition) is 2. The van der Waals surface area contributed by atoms with Gasteiger partial charge in [0.05, 0.1) is 0 Å². The summed E-state index contributed by atoms with van der Waals surface area (Å²) in [6.45, 7) is 6.43. The van der Waals surface area contributed by atoms with Crippen LogP contribution in [0.15, 0.2) is 43.0 Å². The predicted octanol–water partition coefficient (Wildman–Crippen LogP) is 1.59. The van der Waals surface area contributed by atoms with Gasteiger partial charge in [-0.1, -0.05) is 24.3 Å². The first-order valence-corrected chi connectivity index (χ1v) is 5.44. The van der Waals surface area contributed by atoms with Crippen LogP contribution < -0.4 is 10.1 Å². The standard InChI is InChI=1S/C13H19NO2/c1-3-11(2)14-9-12(15)10-16-13-7-5-4-6-8-13/h3-8,11-12,14-15H,1,9-10H2,2H3. The summed E-state index contributed by atoms with van der Waals surface area (Å²) in [7, 11) is 0. The van der Waals surface area contributed by atoms with E-state index in [9.17, 15) is 5.11 Å². The fourth-order valence-electron chi connectivity index (χ4n) is 1.17. The van der Waals surface area contributed by atoms with Crippen molar-refractivity contribution in [3.8, 4) is 5.75 Å². The molecule has 1 rings (SSSR count). The van der Waals surface area contributed by atoms with E-state index in [1.165, 1.54) is 0 Å². The van der Waals surface area contributed by atoms with Gasteiger partial charge in [-0.3, -0.25) is 0 Å². The van der Waals surface area contributed by atoms with Gasteiger partial charge in [0, 0.05) is 12.6 Å². The summed E-state index contributed by atoms with van der Waals surface area (Å²) in [6, 6.07) is 9.67. The fourth-order valence-corrected chi connectivity index (χ4v) is 1.17. The minimum atomic E-state index is -0.511. The molecule has 0 aliphatic heterocycles. The molecule has 2 N–H and O–H groups in total. The van der Waals surface area contributed by atoms with Gasteiger partial charge in [0.25, 0.3) is 0 Å². The van der Waals surface area contributed by atoms with Gasteiger partial charge in [0.2, 0.25) is 0 Å². The van der Waals surface area contributed by atoms with E-state index in [0.29, 0.717) is 13.2 Å². The van der Waals surface area contributed by atoms with Gasteiger partial charge >= 0.3 is 0 Å². The van der Waals surface area contributed by atoms with Crippen molar-refractivity contribution >= 4 is 0 Å². The van der Waals surface area contributed by atoms with Crippen LogP contribution in [0, 0.1) is 0 Å². The molecule has 2 atom stereocenters. The summed E-state index contributed by atoms with van der Waals surface area (Å²) in [5.41, 5.74) is 0. The molecule has 0 radical (unpaired) electrons. The van der Waals surface area contributed by atoms with Crippen molar-refractivity contribution in [3.05, 3.63) is 43.0 Å². The zero-order valence-electron chi connectivity index (χ0n) is 9.60. The first-order chi connectivity index (χ1) is 7.72. The minimum Gasteiger partial charge on any atom is -0.491 e. The van der Waals surface area contributed by atoms with E-state index in [2.05, 4.69) is 11.9 Å². The van der Waals surface area contributed by atoms with E-state index in [4.69, 9.17) is 4.74 Å². The molecule has 0 amide bonds. The summed E-state index contributed by atoms with van der Waals surface area (Å²) in [6.07, 6.45) is 1.28. The molecule has 0 saturated heterocycles. The van der Waals surface area contributed by atoms with Crippen LogP contribution in [0.5, 0.6) is 5.75 Å². The van der Waals surface area contributed by atoms with Crippen LogP contribution >= 0.6 is 0 Å². The van der Waals surface area contributed by atoms with Gasteiger partial charge in [-0.2, -0.15) is 0 Å². The Morgan fingerprint density at radius 2 is 2.12 bits per heavy atom. The molecule has 0 saturated carbocycles. The predicted molar refractivity (Wildman–Crippen MR) is 65.6 cm³/mol. The molecular formula is C13H19NO2. The van der Waals surface area contributed by atoms with Gasteiger partial charge in [0.15, 0.2) is 0 Å². The number of hydrogen-bond acceptors (Lipinski definition) is 3. The largest absolute Gasteiger partial charge is 0.491 e. The summed E-state index contributed by atoms with van der Waals surface area (Å²) >= 11 is 0. The third kappa shape index (κ3) is 4.96. The van der Waals surface area contributed by atoms with E-state index in [1.807, 2.05) is 37.3 Å². The molecule has 0 bridgehead atoms. The van der Waals surface area contributed by atoms with Crippen molar-refractivity contribution in [3.63, 3.8) is 0 Å². The Morgan fingerprint density at radius 3 is 2.75 bits per heavy atom. The topological polar surface area (TPSA) is 41.5 Å². The summed E-state index contributed by atoms with van der Waals surface area (Å²) in [5, 5.41) is 12.8. The molecule has 1 aromatic carbocycles. The average molecular weight is 221 g/mol. The van der Waals surface area contributed by atoms with Crippen LogP contribution in [0.4, 0.5) is 0 Å². The van der Waals surface area contributed by atoms with Crippen LogP contribution in [0.2, 0.25) is 0 Å². The number of para-hydroxylation sites is 1. The Hall–Kier alpha value is -1.32. The van der Waals surface area contributed by atoms with Crippen LogP contribution in [-0.4, -0.2) is 30.4 Å². The average Bonchev–Trinajstić information content (AvgIpc) is 2.34. The Labute approximate surface area is 96.8 Å². The lowest BCUT2D eigenvalue weighted by molar-refractivity contribution is 0.105. The Bertz CT molecular complexity index is 300. The molecule has 3 nitrogen and oxygen atoms in total. The van der Waals surface area contributed by atoms with Gasteiger partial charge in [-0.15, -0.1) is 6.58 Å². The highest BCUT2D eigenvalue weighted by molar-refractivity contribution is 5.20. The Kier molecular flexibility index (Phi) is 5.61. The maximum absolute atomic E-state index is 9.63. The van der Waals surface area contributed by atoms with Gasteiger partial charge in [-0.05, 0) is 19.1 Å². The summed E-state index contributed by atoms with van der Waals surface area (Å²) < 4.78 is 5.42. The molecule has 2 unspecified atom stereocenters. The molecule has 0 heterocycles. The second-order valence-electron chi connectivity index (χ2n) is 3.71. The van der Waals surface area contributed by atoms with Crippen LogP contribution in [-0.2, 0) is 0 Å². The molecule has 0 aliphatic carbocycles. The van der Waals surface area contributed by atoms with Crippen molar-refractivity contribution in [1.82, 2.24) is 5.32 Å². The molecular weight excluding hydrogens is 202 g/mol. The molecule has 0 fully saturated rings. The van der Waals surface area contributed by atoms with Crippen LogP contribution in [0.3, 0.4) is 0 Å². The molecule has 1 aromatic rings. The lowest BCUT2D eigenvalue weighted by Crippen LogP contribution is -2.35. The molecule has 0 spiro atoms. The number of nitrogens with one attached hydrogen (secondary N) is 1. The Balaban J connectivity index is 2.20.